The number of halogens is 1. The molecule has 0 aromatic carbocycles. The Kier molecular flexibility index (Phi) is 2.61. The van der Waals surface area contributed by atoms with Gasteiger partial charge in [-0.15, -0.1) is 0 Å². The van der Waals surface area contributed by atoms with Crippen LogP contribution in [0, 0.1) is 11.3 Å². The summed E-state index contributed by atoms with van der Waals surface area (Å²) >= 11 is 2.48. The van der Waals surface area contributed by atoms with Gasteiger partial charge in [-0.2, -0.15) is 0 Å². The third-order valence-electron chi connectivity index (χ3n) is 2.30. The zero-order chi connectivity index (χ0) is 7.78. The van der Waals surface area contributed by atoms with Gasteiger partial charge >= 0.3 is 0 Å². The molecule has 60 valence electrons. The summed E-state index contributed by atoms with van der Waals surface area (Å²) in [5, 5.41) is 3.46. The molecule has 2 unspecified atom stereocenters. The van der Waals surface area contributed by atoms with E-state index in [1.54, 1.807) is 0 Å². The minimum atomic E-state index is 0.493. The van der Waals surface area contributed by atoms with Crippen molar-refractivity contribution in [3.05, 3.63) is 0 Å². The van der Waals surface area contributed by atoms with Gasteiger partial charge in [0.25, 0.3) is 0 Å². The molecule has 1 aliphatic rings. The van der Waals surface area contributed by atoms with Crippen molar-refractivity contribution in [2.45, 2.75) is 31.2 Å². The fourth-order valence-electron chi connectivity index (χ4n) is 1.35. The second kappa shape index (κ2) is 2.97. The molecule has 1 heterocycles. The van der Waals surface area contributed by atoms with E-state index in [0.29, 0.717) is 9.46 Å². The fourth-order valence-corrected chi connectivity index (χ4v) is 2.21. The molecule has 0 bridgehead atoms. The molecular formula is C8H16IN. The lowest BCUT2D eigenvalue weighted by Gasteiger charge is -2.25. The molecule has 1 fully saturated rings. The van der Waals surface area contributed by atoms with Crippen LogP contribution in [0.5, 0.6) is 0 Å². The third kappa shape index (κ3) is 2.09. The Morgan fingerprint density at radius 2 is 2.00 bits per heavy atom. The van der Waals surface area contributed by atoms with Crippen molar-refractivity contribution < 1.29 is 0 Å². The van der Waals surface area contributed by atoms with E-state index in [1.807, 2.05) is 0 Å². The van der Waals surface area contributed by atoms with E-state index in [4.69, 9.17) is 0 Å². The van der Waals surface area contributed by atoms with Crippen molar-refractivity contribution in [2.75, 3.05) is 6.54 Å². The van der Waals surface area contributed by atoms with Gasteiger partial charge < -0.3 is 5.32 Å². The molecule has 1 rings (SSSR count). The Labute approximate surface area is 77.1 Å². The van der Waals surface area contributed by atoms with Gasteiger partial charge in [0.1, 0.15) is 0 Å². The number of alkyl halides is 1. The Morgan fingerprint density at radius 3 is 2.20 bits per heavy atom. The summed E-state index contributed by atoms with van der Waals surface area (Å²) in [7, 11) is 0. The molecule has 1 N–H and O–H groups in total. The number of hydrogen-bond donors (Lipinski definition) is 1. The lowest BCUT2D eigenvalue weighted by atomic mass is 9.80. The van der Waals surface area contributed by atoms with Crippen LogP contribution in [-0.2, 0) is 0 Å². The van der Waals surface area contributed by atoms with Gasteiger partial charge in [-0.1, -0.05) is 43.4 Å². The summed E-state index contributed by atoms with van der Waals surface area (Å²) in [5.74, 6) is 0.870. The maximum atomic E-state index is 3.46. The summed E-state index contributed by atoms with van der Waals surface area (Å²) in [4.78, 5) is 0. The molecule has 0 radical (unpaired) electrons. The van der Waals surface area contributed by atoms with E-state index in [-0.39, 0.29) is 0 Å². The molecule has 2 heteroatoms. The molecule has 0 saturated carbocycles. The van der Waals surface area contributed by atoms with E-state index in [0.717, 1.165) is 5.92 Å². The highest BCUT2D eigenvalue weighted by Gasteiger charge is 2.31. The van der Waals surface area contributed by atoms with Gasteiger partial charge in [0.2, 0.25) is 0 Å². The summed E-state index contributed by atoms with van der Waals surface area (Å²) in [6.45, 7) is 8.19. The van der Waals surface area contributed by atoms with Crippen LogP contribution in [0.15, 0.2) is 0 Å². The average Bonchev–Trinajstić information content (AvgIpc) is 2.11. The zero-order valence-corrected chi connectivity index (χ0v) is 9.10. The Bertz CT molecular complexity index is 117. The lowest BCUT2D eigenvalue weighted by molar-refractivity contribution is 0.261. The summed E-state index contributed by atoms with van der Waals surface area (Å²) in [5.41, 5.74) is 0.493. The molecule has 2 atom stereocenters. The largest absolute Gasteiger partial charge is 0.305 e. The predicted octanol–water partition coefficient (Wildman–Crippen LogP) is 2.40. The van der Waals surface area contributed by atoms with Gasteiger partial charge in [0.05, 0.1) is 4.05 Å². The van der Waals surface area contributed by atoms with Crippen LogP contribution >= 0.6 is 22.6 Å². The second-order valence-electron chi connectivity index (χ2n) is 4.17. The van der Waals surface area contributed by atoms with Gasteiger partial charge in [0.15, 0.2) is 0 Å². The monoisotopic (exact) mass is 253 g/mol. The summed E-state index contributed by atoms with van der Waals surface area (Å²) < 4.78 is 0.710. The third-order valence-corrected chi connectivity index (χ3v) is 3.25. The molecule has 1 aliphatic heterocycles. The van der Waals surface area contributed by atoms with E-state index in [2.05, 4.69) is 48.7 Å². The minimum Gasteiger partial charge on any atom is -0.305 e. The molecular weight excluding hydrogens is 237 g/mol. The zero-order valence-electron chi connectivity index (χ0n) is 6.95. The maximum absolute atomic E-state index is 3.46. The van der Waals surface area contributed by atoms with Gasteiger partial charge in [-0.3, -0.25) is 0 Å². The van der Waals surface area contributed by atoms with Crippen LogP contribution in [-0.4, -0.2) is 10.6 Å². The van der Waals surface area contributed by atoms with Crippen molar-refractivity contribution in [1.82, 2.24) is 5.32 Å². The number of rotatable bonds is 0. The second-order valence-corrected chi connectivity index (χ2v) is 5.68. The van der Waals surface area contributed by atoms with Gasteiger partial charge in [-0.05, 0) is 24.3 Å². The van der Waals surface area contributed by atoms with Crippen molar-refractivity contribution in [3.63, 3.8) is 0 Å². The van der Waals surface area contributed by atoms with Crippen molar-refractivity contribution >= 4 is 22.6 Å². The minimum absolute atomic E-state index is 0.493. The average molecular weight is 253 g/mol. The standard InChI is InChI=1S/C8H16IN/c1-8(2,3)6-4-7(9)10-5-6/h6-7,10H,4-5H2,1-3H3. The highest BCUT2D eigenvalue weighted by atomic mass is 127. The first-order chi connectivity index (χ1) is 4.50. The lowest BCUT2D eigenvalue weighted by Crippen LogP contribution is -2.22. The highest BCUT2D eigenvalue weighted by molar-refractivity contribution is 14.1. The SMILES string of the molecule is CC(C)(C)C1CNC(I)C1. The topological polar surface area (TPSA) is 12.0 Å². The Balaban J connectivity index is 2.45. The summed E-state index contributed by atoms with van der Waals surface area (Å²) in [6.07, 6.45) is 1.34. The first kappa shape index (κ1) is 8.78. The highest BCUT2D eigenvalue weighted by Crippen LogP contribution is 2.33. The van der Waals surface area contributed by atoms with Crippen LogP contribution in [0.3, 0.4) is 0 Å². The van der Waals surface area contributed by atoms with E-state index < -0.39 is 0 Å². The van der Waals surface area contributed by atoms with Crippen molar-refractivity contribution in [2.24, 2.45) is 11.3 Å². The summed E-state index contributed by atoms with van der Waals surface area (Å²) in [6, 6.07) is 0. The Hall–Kier alpha value is 0.690. The van der Waals surface area contributed by atoms with Crippen LogP contribution in [0.4, 0.5) is 0 Å². The quantitative estimate of drug-likeness (QED) is 0.397. The molecule has 0 spiro atoms. The first-order valence-electron chi connectivity index (χ1n) is 3.87. The predicted molar refractivity (Wildman–Crippen MR) is 53.4 cm³/mol. The molecule has 0 aromatic heterocycles. The van der Waals surface area contributed by atoms with E-state index in [1.165, 1.54) is 13.0 Å². The van der Waals surface area contributed by atoms with Crippen LogP contribution in [0.1, 0.15) is 27.2 Å². The first-order valence-corrected chi connectivity index (χ1v) is 5.12. The molecule has 1 saturated heterocycles. The number of nitrogens with one attached hydrogen (secondary N) is 1. The van der Waals surface area contributed by atoms with E-state index >= 15 is 0 Å². The molecule has 0 aromatic rings. The molecule has 1 nitrogen and oxygen atoms in total. The van der Waals surface area contributed by atoms with Gasteiger partial charge in [0, 0.05) is 0 Å². The van der Waals surface area contributed by atoms with Crippen LogP contribution in [0.25, 0.3) is 0 Å². The molecule has 10 heavy (non-hydrogen) atoms. The normalized spacial score (nSPS) is 34.8. The molecule has 0 amide bonds. The van der Waals surface area contributed by atoms with Crippen LogP contribution in [0.2, 0.25) is 0 Å². The number of hydrogen-bond acceptors (Lipinski definition) is 1. The Morgan fingerprint density at radius 1 is 1.40 bits per heavy atom. The fraction of sp³-hybridized carbons (Fsp3) is 1.00. The van der Waals surface area contributed by atoms with E-state index in [9.17, 15) is 0 Å². The van der Waals surface area contributed by atoms with Gasteiger partial charge in [-0.25, -0.2) is 0 Å². The van der Waals surface area contributed by atoms with Crippen molar-refractivity contribution in [3.8, 4) is 0 Å². The molecule has 0 aliphatic carbocycles. The maximum Gasteiger partial charge on any atom is 0.0597 e. The van der Waals surface area contributed by atoms with Crippen molar-refractivity contribution in [1.29, 1.82) is 0 Å². The smallest absolute Gasteiger partial charge is 0.0597 e. The van der Waals surface area contributed by atoms with Crippen LogP contribution < -0.4 is 5.32 Å².